The highest BCUT2D eigenvalue weighted by Gasteiger charge is 2.20. The van der Waals surface area contributed by atoms with Gasteiger partial charge in [0.25, 0.3) is 0 Å². The summed E-state index contributed by atoms with van der Waals surface area (Å²) in [4.78, 5) is 0. The summed E-state index contributed by atoms with van der Waals surface area (Å²) in [5, 5.41) is 3.44. The van der Waals surface area contributed by atoms with Gasteiger partial charge in [-0.1, -0.05) is 12.8 Å². The number of rotatable bonds is 5. The van der Waals surface area contributed by atoms with Gasteiger partial charge in [0.2, 0.25) is 0 Å². The van der Waals surface area contributed by atoms with E-state index in [1.807, 2.05) is 0 Å². The molecule has 1 heterocycles. The maximum atomic E-state index is 5.61. The summed E-state index contributed by atoms with van der Waals surface area (Å²) < 4.78 is 5.61. The molecule has 1 saturated heterocycles. The van der Waals surface area contributed by atoms with Crippen molar-refractivity contribution in [2.24, 2.45) is 5.92 Å². The lowest BCUT2D eigenvalue weighted by Gasteiger charge is -2.10. The molecule has 0 aromatic heterocycles. The van der Waals surface area contributed by atoms with E-state index in [1.54, 1.807) is 0 Å². The van der Waals surface area contributed by atoms with E-state index < -0.39 is 0 Å². The summed E-state index contributed by atoms with van der Waals surface area (Å²) in [6.45, 7) is 3.12. The first-order valence-electron chi connectivity index (χ1n) is 5.26. The van der Waals surface area contributed by atoms with Crippen LogP contribution in [0.25, 0.3) is 0 Å². The molecule has 0 amide bonds. The van der Waals surface area contributed by atoms with Gasteiger partial charge in [-0.25, -0.2) is 0 Å². The van der Waals surface area contributed by atoms with Crippen LogP contribution in [0.15, 0.2) is 0 Å². The van der Waals surface area contributed by atoms with Crippen molar-refractivity contribution < 1.29 is 4.74 Å². The smallest absolute Gasteiger partial charge is 0.0619 e. The molecule has 1 N–H and O–H groups in total. The van der Waals surface area contributed by atoms with E-state index in [0.29, 0.717) is 6.04 Å². The van der Waals surface area contributed by atoms with Crippen molar-refractivity contribution >= 4 is 0 Å². The summed E-state index contributed by atoms with van der Waals surface area (Å²) in [6.07, 6.45) is 6.84. The van der Waals surface area contributed by atoms with Gasteiger partial charge < -0.3 is 10.1 Å². The number of hydrogen-bond acceptors (Lipinski definition) is 2. The quantitative estimate of drug-likeness (QED) is 0.631. The van der Waals surface area contributed by atoms with Crippen molar-refractivity contribution in [3.05, 3.63) is 0 Å². The summed E-state index contributed by atoms with van der Waals surface area (Å²) in [5.41, 5.74) is 0. The molecular weight excluding hydrogens is 150 g/mol. The maximum absolute atomic E-state index is 5.61. The van der Waals surface area contributed by atoms with Gasteiger partial charge in [0.15, 0.2) is 0 Å². The molecule has 1 saturated carbocycles. The predicted molar refractivity (Wildman–Crippen MR) is 49.2 cm³/mol. The zero-order chi connectivity index (χ0) is 8.23. The predicted octanol–water partition coefficient (Wildman–Crippen LogP) is 1.56. The summed E-state index contributed by atoms with van der Waals surface area (Å²) >= 11 is 0. The van der Waals surface area contributed by atoms with Crippen LogP contribution in [0.3, 0.4) is 0 Å². The van der Waals surface area contributed by atoms with E-state index in [-0.39, 0.29) is 0 Å². The van der Waals surface area contributed by atoms with Gasteiger partial charge in [-0.15, -0.1) is 0 Å². The lowest BCUT2D eigenvalue weighted by molar-refractivity contribution is 0.111. The first kappa shape index (κ1) is 8.52. The minimum Gasteiger partial charge on any atom is -0.380 e. The lowest BCUT2D eigenvalue weighted by atomic mass is 10.2. The zero-order valence-corrected chi connectivity index (χ0v) is 7.72. The Hall–Kier alpha value is -0.0800. The van der Waals surface area contributed by atoms with E-state index in [2.05, 4.69) is 5.32 Å². The molecule has 2 aliphatic rings. The van der Waals surface area contributed by atoms with Crippen molar-refractivity contribution in [3.8, 4) is 0 Å². The first-order chi connectivity index (χ1) is 5.95. The normalized spacial score (nSPS) is 29.5. The Kier molecular flexibility index (Phi) is 3.01. The van der Waals surface area contributed by atoms with Gasteiger partial charge >= 0.3 is 0 Å². The molecule has 1 aliphatic carbocycles. The molecule has 0 aromatic rings. The van der Waals surface area contributed by atoms with Crippen LogP contribution < -0.4 is 5.32 Å². The molecule has 0 aromatic carbocycles. The third-order valence-electron chi connectivity index (χ3n) is 2.85. The van der Waals surface area contributed by atoms with Gasteiger partial charge in [-0.05, 0) is 31.7 Å². The highest BCUT2D eigenvalue weighted by atomic mass is 16.5. The minimum atomic E-state index is 0.657. The highest BCUT2D eigenvalue weighted by Crippen LogP contribution is 2.32. The Bertz CT molecular complexity index is 128. The molecule has 0 radical (unpaired) electrons. The van der Waals surface area contributed by atoms with Crippen LogP contribution in [0.5, 0.6) is 0 Å². The second-order valence-electron chi connectivity index (χ2n) is 4.10. The molecule has 1 aliphatic heterocycles. The van der Waals surface area contributed by atoms with Crippen LogP contribution in [0.4, 0.5) is 0 Å². The van der Waals surface area contributed by atoms with Crippen molar-refractivity contribution in [1.82, 2.24) is 5.32 Å². The standard InChI is InChI=1S/C10H19NO/c1-2-10(11-6-1)8-12-7-5-9-3-4-9/h9-11H,1-8H2/t10-/m1/s1. The van der Waals surface area contributed by atoms with E-state index in [0.717, 1.165) is 19.1 Å². The molecule has 70 valence electrons. The zero-order valence-electron chi connectivity index (χ0n) is 7.72. The van der Waals surface area contributed by atoms with Gasteiger partial charge in [-0.3, -0.25) is 0 Å². The van der Waals surface area contributed by atoms with Crippen molar-refractivity contribution in [3.63, 3.8) is 0 Å². The van der Waals surface area contributed by atoms with E-state index in [1.165, 1.54) is 38.6 Å². The lowest BCUT2D eigenvalue weighted by Crippen LogP contribution is -2.26. The fourth-order valence-electron chi connectivity index (χ4n) is 1.78. The third-order valence-corrected chi connectivity index (χ3v) is 2.85. The summed E-state index contributed by atoms with van der Waals surface area (Å²) in [6, 6.07) is 0.657. The Morgan fingerprint density at radius 1 is 1.25 bits per heavy atom. The molecule has 2 fully saturated rings. The largest absolute Gasteiger partial charge is 0.380 e. The second kappa shape index (κ2) is 4.24. The Balaban J connectivity index is 1.44. The molecule has 0 unspecified atom stereocenters. The fourth-order valence-corrected chi connectivity index (χ4v) is 1.78. The van der Waals surface area contributed by atoms with Gasteiger partial charge in [0.05, 0.1) is 6.61 Å². The molecule has 0 spiro atoms. The monoisotopic (exact) mass is 169 g/mol. The topological polar surface area (TPSA) is 21.3 Å². The molecule has 12 heavy (non-hydrogen) atoms. The van der Waals surface area contributed by atoms with Crippen molar-refractivity contribution in [1.29, 1.82) is 0 Å². The average Bonchev–Trinajstić information content (AvgIpc) is 2.76. The highest BCUT2D eigenvalue weighted by molar-refractivity contribution is 4.74. The Morgan fingerprint density at radius 2 is 2.17 bits per heavy atom. The van der Waals surface area contributed by atoms with Crippen molar-refractivity contribution in [2.45, 2.75) is 38.1 Å². The summed E-state index contributed by atoms with van der Waals surface area (Å²) in [5.74, 6) is 1.02. The SMILES string of the molecule is C1CN[C@@H](COCCC2CC2)C1. The second-order valence-corrected chi connectivity index (χ2v) is 4.10. The molecule has 1 atom stereocenters. The van der Waals surface area contributed by atoms with Crippen molar-refractivity contribution in [2.75, 3.05) is 19.8 Å². The Morgan fingerprint density at radius 3 is 2.83 bits per heavy atom. The minimum absolute atomic E-state index is 0.657. The van der Waals surface area contributed by atoms with Crippen LogP contribution in [-0.2, 0) is 4.74 Å². The fraction of sp³-hybridized carbons (Fsp3) is 1.00. The van der Waals surface area contributed by atoms with E-state index in [9.17, 15) is 0 Å². The number of hydrogen-bond donors (Lipinski definition) is 1. The Labute approximate surface area is 74.7 Å². The summed E-state index contributed by atoms with van der Waals surface area (Å²) in [7, 11) is 0. The van der Waals surface area contributed by atoms with Crippen LogP contribution in [0, 0.1) is 5.92 Å². The van der Waals surface area contributed by atoms with E-state index in [4.69, 9.17) is 4.74 Å². The molecule has 2 rings (SSSR count). The number of ether oxygens (including phenoxy) is 1. The van der Waals surface area contributed by atoms with Crippen LogP contribution >= 0.6 is 0 Å². The maximum Gasteiger partial charge on any atom is 0.0619 e. The molecule has 0 bridgehead atoms. The van der Waals surface area contributed by atoms with Gasteiger partial charge in [0.1, 0.15) is 0 Å². The van der Waals surface area contributed by atoms with Gasteiger partial charge in [0, 0.05) is 12.6 Å². The van der Waals surface area contributed by atoms with Crippen LogP contribution in [0.2, 0.25) is 0 Å². The number of nitrogens with one attached hydrogen (secondary N) is 1. The third kappa shape index (κ3) is 2.76. The van der Waals surface area contributed by atoms with Crippen LogP contribution in [-0.4, -0.2) is 25.8 Å². The molecule has 2 heteroatoms. The van der Waals surface area contributed by atoms with E-state index >= 15 is 0 Å². The molecular formula is C10H19NO. The molecule has 2 nitrogen and oxygen atoms in total. The van der Waals surface area contributed by atoms with Gasteiger partial charge in [-0.2, -0.15) is 0 Å². The van der Waals surface area contributed by atoms with Crippen LogP contribution in [0.1, 0.15) is 32.1 Å². The first-order valence-corrected chi connectivity index (χ1v) is 5.26. The average molecular weight is 169 g/mol.